The van der Waals surface area contributed by atoms with Gasteiger partial charge in [-0.15, -0.1) is 0 Å². The smallest absolute Gasteiger partial charge is 0.262 e. The number of phenolic OH excluding ortho intramolecular Hbond substituents is 1. The third kappa shape index (κ3) is 4.44. The molecule has 146 valence electrons. The first-order chi connectivity index (χ1) is 13.2. The van der Waals surface area contributed by atoms with E-state index in [0.29, 0.717) is 0 Å². The van der Waals surface area contributed by atoms with Crippen molar-refractivity contribution in [3.05, 3.63) is 78.4 Å². The molecule has 0 spiro atoms. The molecule has 3 aromatic rings. The molecule has 3 rings (SSSR count). The van der Waals surface area contributed by atoms with Crippen LogP contribution >= 0.6 is 0 Å². The minimum Gasteiger partial charge on any atom is -0.506 e. The molecule has 0 heterocycles. The molecule has 0 fully saturated rings. The van der Waals surface area contributed by atoms with Gasteiger partial charge in [0.1, 0.15) is 5.75 Å². The first-order valence-corrected chi connectivity index (χ1v) is 11.1. The number of hydrogen-bond donors (Lipinski definition) is 3. The molecule has 0 aliphatic heterocycles. The van der Waals surface area contributed by atoms with E-state index in [9.17, 15) is 21.9 Å². The maximum atomic E-state index is 12.5. The fourth-order valence-corrected chi connectivity index (χ4v) is 4.55. The van der Waals surface area contributed by atoms with Crippen LogP contribution in [0.3, 0.4) is 0 Å². The molecule has 7 nitrogen and oxygen atoms in total. The fraction of sp³-hybridized carbons (Fsp3) is 0.0526. The summed E-state index contributed by atoms with van der Waals surface area (Å²) >= 11 is 0. The lowest BCUT2D eigenvalue weighted by atomic mass is 10.2. The number of aromatic hydroxyl groups is 1. The average molecular weight is 418 g/mol. The van der Waals surface area contributed by atoms with E-state index < -0.39 is 20.0 Å². The van der Waals surface area contributed by atoms with E-state index in [1.54, 1.807) is 30.3 Å². The van der Waals surface area contributed by atoms with Crippen molar-refractivity contribution in [3.63, 3.8) is 0 Å². The van der Waals surface area contributed by atoms with Gasteiger partial charge in [-0.2, -0.15) is 0 Å². The van der Waals surface area contributed by atoms with E-state index in [2.05, 4.69) is 9.44 Å². The number of anilines is 2. The minimum atomic E-state index is -3.95. The Morgan fingerprint density at radius 1 is 0.714 bits per heavy atom. The van der Waals surface area contributed by atoms with Crippen molar-refractivity contribution in [2.24, 2.45) is 0 Å². The van der Waals surface area contributed by atoms with Crippen LogP contribution in [-0.4, -0.2) is 21.9 Å². The highest BCUT2D eigenvalue weighted by Gasteiger charge is 2.18. The summed E-state index contributed by atoms with van der Waals surface area (Å²) in [6.45, 7) is 1.83. The predicted octanol–water partition coefficient (Wildman–Crippen LogP) is 3.30. The first-order valence-electron chi connectivity index (χ1n) is 8.18. The summed E-state index contributed by atoms with van der Waals surface area (Å²) in [5.74, 6) is -0.335. The molecule has 0 bridgehead atoms. The Morgan fingerprint density at radius 2 is 1.29 bits per heavy atom. The van der Waals surface area contributed by atoms with Crippen molar-refractivity contribution in [1.29, 1.82) is 0 Å². The molecule has 9 heteroatoms. The Morgan fingerprint density at radius 3 is 1.93 bits per heavy atom. The third-order valence-corrected chi connectivity index (χ3v) is 6.66. The molecular weight excluding hydrogens is 400 g/mol. The molecule has 0 unspecified atom stereocenters. The van der Waals surface area contributed by atoms with Gasteiger partial charge in [-0.25, -0.2) is 16.8 Å². The molecule has 0 aliphatic rings. The molecule has 0 aromatic heterocycles. The molecule has 3 N–H and O–H groups in total. The van der Waals surface area contributed by atoms with Gasteiger partial charge in [-0.1, -0.05) is 35.9 Å². The van der Waals surface area contributed by atoms with Crippen molar-refractivity contribution in [1.82, 2.24) is 0 Å². The molecule has 0 radical (unpaired) electrons. The van der Waals surface area contributed by atoms with Crippen molar-refractivity contribution in [2.75, 3.05) is 9.44 Å². The lowest BCUT2D eigenvalue weighted by molar-refractivity contribution is 0.477. The summed E-state index contributed by atoms with van der Waals surface area (Å²) in [5.41, 5.74) is 0.858. The molecular formula is C19H18N2O5S2. The van der Waals surface area contributed by atoms with Crippen molar-refractivity contribution in [2.45, 2.75) is 16.7 Å². The summed E-state index contributed by atoms with van der Waals surface area (Å²) < 4.78 is 54.5. The van der Waals surface area contributed by atoms with Crippen molar-refractivity contribution < 1.29 is 21.9 Å². The highest BCUT2D eigenvalue weighted by molar-refractivity contribution is 7.93. The molecule has 0 aliphatic carbocycles. The van der Waals surface area contributed by atoms with Crippen LogP contribution in [0.25, 0.3) is 0 Å². The Labute approximate surface area is 163 Å². The predicted molar refractivity (Wildman–Crippen MR) is 107 cm³/mol. The van der Waals surface area contributed by atoms with Gasteiger partial charge in [0.15, 0.2) is 0 Å². The van der Waals surface area contributed by atoms with E-state index in [4.69, 9.17) is 0 Å². The van der Waals surface area contributed by atoms with Crippen LogP contribution in [-0.2, 0) is 20.0 Å². The maximum absolute atomic E-state index is 12.5. The zero-order valence-electron chi connectivity index (χ0n) is 14.8. The van der Waals surface area contributed by atoms with E-state index in [1.165, 1.54) is 42.5 Å². The topological polar surface area (TPSA) is 113 Å². The minimum absolute atomic E-state index is 0.0211. The largest absolute Gasteiger partial charge is 0.506 e. The van der Waals surface area contributed by atoms with Crippen LogP contribution in [0.15, 0.2) is 82.6 Å². The van der Waals surface area contributed by atoms with Gasteiger partial charge >= 0.3 is 0 Å². The SMILES string of the molecule is Cc1ccc(S(=O)(=O)Nc2cc(NS(=O)(=O)c3ccccc3)ccc2O)cc1. The Balaban J connectivity index is 1.89. The molecule has 3 aromatic carbocycles. The molecule has 0 amide bonds. The van der Waals surface area contributed by atoms with Crippen LogP contribution in [0.2, 0.25) is 0 Å². The number of aryl methyl sites for hydroxylation is 1. The summed E-state index contributed by atoms with van der Waals surface area (Å²) in [6.07, 6.45) is 0. The van der Waals surface area contributed by atoms with Gasteiger partial charge in [-0.05, 0) is 49.4 Å². The van der Waals surface area contributed by atoms with E-state index in [-0.39, 0.29) is 26.9 Å². The molecule has 0 saturated heterocycles. The number of nitrogens with one attached hydrogen (secondary N) is 2. The number of sulfonamides is 2. The summed E-state index contributed by atoms with van der Waals surface area (Å²) in [7, 11) is -7.80. The fourth-order valence-electron chi connectivity index (χ4n) is 2.42. The number of phenols is 1. The van der Waals surface area contributed by atoms with E-state index >= 15 is 0 Å². The first kappa shape index (κ1) is 19.7. The van der Waals surface area contributed by atoms with Crippen LogP contribution in [0.4, 0.5) is 11.4 Å². The zero-order chi connectivity index (χ0) is 20.4. The Kier molecular flexibility index (Phi) is 5.30. The highest BCUT2D eigenvalue weighted by Crippen LogP contribution is 2.30. The van der Waals surface area contributed by atoms with E-state index in [0.717, 1.165) is 5.56 Å². The van der Waals surface area contributed by atoms with Gasteiger partial charge in [0, 0.05) is 0 Å². The number of hydrogen-bond acceptors (Lipinski definition) is 5. The lowest BCUT2D eigenvalue weighted by Crippen LogP contribution is -2.15. The number of rotatable bonds is 6. The maximum Gasteiger partial charge on any atom is 0.262 e. The van der Waals surface area contributed by atoms with Crippen molar-refractivity contribution >= 4 is 31.4 Å². The molecule has 0 atom stereocenters. The Hall–Kier alpha value is -3.04. The second-order valence-electron chi connectivity index (χ2n) is 6.07. The van der Waals surface area contributed by atoms with Crippen LogP contribution < -0.4 is 9.44 Å². The normalized spacial score (nSPS) is 11.8. The highest BCUT2D eigenvalue weighted by atomic mass is 32.2. The summed E-state index contributed by atoms with van der Waals surface area (Å²) in [4.78, 5) is 0.0811. The lowest BCUT2D eigenvalue weighted by Gasteiger charge is -2.13. The zero-order valence-corrected chi connectivity index (χ0v) is 16.5. The summed E-state index contributed by atoms with van der Waals surface area (Å²) in [5, 5.41) is 10.0. The molecule has 28 heavy (non-hydrogen) atoms. The molecule has 0 saturated carbocycles. The second kappa shape index (κ2) is 7.53. The van der Waals surface area contributed by atoms with Gasteiger partial charge in [0.05, 0.1) is 21.2 Å². The van der Waals surface area contributed by atoms with Crippen LogP contribution in [0.1, 0.15) is 5.56 Å². The van der Waals surface area contributed by atoms with Crippen LogP contribution in [0, 0.1) is 6.92 Å². The van der Waals surface area contributed by atoms with E-state index in [1.807, 2.05) is 6.92 Å². The van der Waals surface area contributed by atoms with Gasteiger partial charge in [-0.3, -0.25) is 9.44 Å². The quantitative estimate of drug-likeness (QED) is 0.420. The standard InChI is InChI=1S/C19H18N2O5S2/c1-14-7-10-17(11-8-14)28(25,26)21-18-13-15(9-12-19(18)22)20-27(23,24)16-5-3-2-4-6-16/h2-13,20-22H,1H3. The average Bonchev–Trinajstić information content (AvgIpc) is 2.65. The van der Waals surface area contributed by atoms with Gasteiger partial charge < -0.3 is 5.11 Å². The summed E-state index contributed by atoms with van der Waals surface area (Å²) in [6, 6.07) is 17.7. The third-order valence-electron chi connectivity index (χ3n) is 3.88. The van der Waals surface area contributed by atoms with Gasteiger partial charge in [0.2, 0.25) is 0 Å². The van der Waals surface area contributed by atoms with Gasteiger partial charge in [0.25, 0.3) is 20.0 Å². The van der Waals surface area contributed by atoms with Crippen LogP contribution in [0.5, 0.6) is 5.75 Å². The Bertz CT molecular complexity index is 1190. The van der Waals surface area contributed by atoms with Crippen molar-refractivity contribution in [3.8, 4) is 5.75 Å². The monoisotopic (exact) mass is 418 g/mol. The second-order valence-corrected chi connectivity index (χ2v) is 9.43. The number of benzene rings is 3.